The fourth-order valence-electron chi connectivity index (χ4n) is 1.34. The van der Waals surface area contributed by atoms with E-state index in [0.29, 0.717) is 0 Å². The highest BCUT2D eigenvalue weighted by atomic mass is 16.6. The van der Waals surface area contributed by atoms with Crippen molar-refractivity contribution in [1.29, 1.82) is 0 Å². The van der Waals surface area contributed by atoms with Gasteiger partial charge in [0.15, 0.2) is 11.4 Å². The molecule has 0 atom stereocenters. The molecule has 8 nitrogen and oxygen atoms in total. The molecule has 1 aromatic carbocycles. The van der Waals surface area contributed by atoms with Crippen LogP contribution in [0.5, 0.6) is 5.75 Å². The van der Waals surface area contributed by atoms with Crippen molar-refractivity contribution in [3.8, 4) is 5.75 Å². The Bertz CT molecular complexity index is 622. The summed E-state index contributed by atoms with van der Waals surface area (Å²) in [5, 5.41) is 15.9. The molecule has 1 amide bonds. The Labute approximate surface area is 106 Å². The molecule has 0 bridgehead atoms. The van der Waals surface area contributed by atoms with E-state index in [0.717, 1.165) is 0 Å². The van der Waals surface area contributed by atoms with Gasteiger partial charge in [0.2, 0.25) is 0 Å². The van der Waals surface area contributed by atoms with Gasteiger partial charge in [-0.05, 0) is 23.4 Å². The van der Waals surface area contributed by atoms with E-state index in [1.165, 1.54) is 24.3 Å². The van der Waals surface area contributed by atoms with Gasteiger partial charge in [0.05, 0.1) is 5.56 Å². The van der Waals surface area contributed by atoms with E-state index < -0.39 is 11.9 Å². The molecular weight excluding hydrogens is 254 g/mol. The Morgan fingerprint density at radius 2 is 2.16 bits per heavy atom. The molecule has 3 N–H and O–H groups in total. The largest absolute Gasteiger partial charge is 0.508 e. The molecule has 0 aliphatic rings. The van der Waals surface area contributed by atoms with E-state index in [2.05, 4.69) is 14.9 Å². The number of aromatic hydroxyl groups is 1. The fraction of sp³-hybridized carbons (Fsp3) is 0.0909. The molecule has 0 unspecified atom stereocenters. The maximum absolute atomic E-state index is 11.6. The van der Waals surface area contributed by atoms with Gasteiger partial charge in [-0.3, -0.25) is 4.79 Å². The van der Waals surface area contributed by atoms with Crippen molar-refractivity contribution in [1.82, 2.24) is 10.3 Å². The first-order valence-corrected chi connectivity index (χ1v) is 5.15. The SMILES string of the molecule is NC(=O)c1nonc1COC(=O)c1cccc(O)c1. The predicted octanol–water partition coefficient (Wildman–Crippen LogP) is 0.231. The number of aromatic nitrogens is 2. The molecule has 0 spiro atoms. The molecule has 0 aliphatic heterocycles. The molecule has 0 radical (unpaired) electrons. The lowest BCUT2D eigenvalue weighted by Crippen LogP contribution is -2.15. The van der Waals surface area contributed by atoms with Crippen molar-refractivity contribution in [3.05, 3.63) is 41.2 Å². The molecule has 0 fully saturated rings. The zero-order chi connectivity index (χ0) is 13.8. The summed E-state index contributed by atoms with van der Waals surface area (Å²) in [7, 11) is 0. The molecule has 8 heteroatoms. The van der Waals surface area contributed by atoms with Gasteiger partial charge in [-0.1, -0.05) is 11.2 Å². The normalized spacial score (nSPS) is 10.1. The molecule has 1 heterocycles. The monoisotopic (exact) mass is 263 g/mol. The van der Waals surface area contributed by atoms with Crippen molar-refractivity contribution in [2.24, 2.45) is 5.73 Å². The first-order valence-electron chi connectivity index (χ1n) is 5.15. The zero-order valence-electron chi connectivity index (χ0n) is 9.57. The standard InChI is InChI=1S/C11H9N3O5/c12-10(16)9-8(13-19-14-9)5-18-11(17)6-2-1-3-7(15)4-6/h1-4,15H,5H2,(H2,12,16). The van der Waals surface area contributed by atoms with E-state index in [1.807, 2.05) is 0 Å². The van der Waals surface area contributed by atoms with Gasteiger partial charge in [-0.2, -0.15) is 0 Å². The number of phenols is 1. The maximum Gasteiger partial charge on any atom is 0.338 e. The van der Waals surface area contributed by atoms with Crippen LogP contribution >= 0.6 is 0 Å². The lowest BCUT2D eigenvalue weighted by molar-refractivity contribution is 0.0461. The number of carbonyl (C=O) groups is 2. The van der Waals surface area contributed by atoms with Crippen molar-refractivity contribution >= 4 is 11.9 Å². The smallest absolute Gasteiger partial charge is 0.338 e. The second-order valence-electron chi connectivity index (χ2n) is 3.55. The van der Waals surface area contributed by atoms with Gasteiger partial charge >= 0.3 is 5.97 Å². The van der Waals surface area contributed by atoms with E-state index in [-0.39, 0.29) is 29.3 Å². The molecule has 0 saturated heterocycles. The number of ether oxygens (including phenoxy) is 1. The lowest BCUT2D eigenvalue weighted by Gasteiger charge is -2.03. The number of hydrogen-bond donors (Lipinski definition) is 2. The maximum atomic E-state index is 11.6. The van der Waals surface area contributed by atoms with Crippen LogP contribution in [0.1, 0.15) is 26.5 Å². The fourth-order valence-corrected chi connectivity index (χ4v) is 1.34. The van der Waals surface area contributed by atoms with E-state index in [9.17, 15) is 14.7 Å². The van der Waals surface area contributed by atoms with Crippen LogP contribution in [-0.2, 0) is 11.3 Å². The van der Waals surface area contributed by atoms with Crippen molar-refractivity contribution in [3.63, 3.8) is 0 Å². The topological polar surface area (TPSA) is 129 Å². The van der Waals surface area contributed by atoms with Crippen LogP contribution in [0.3, 0.4) is 0 Å². The number of esters is 1. The zero-order valence-corrected chi connectivity index (χ0v) is 9.57. The summed E-state index contributed by atoms with van der Waals surface area (Å²) >= 11 is 0. The van der Waals surface area contributed by atoms with E-state index in [4.69, 9.17) is 10.5 Å². The highest BCUT2D eigenvalue weighted by molar-refractivity contribution is 5.92. The minimum absolute atomic E-state index is 0.0287. The Balaban J connectivity index is 2.04. The van der Waals surface area contributed by atoms with Crippen molar-refractivity contribution in [2.45, 2.75) is 6.61 Å². The van der Waals surface area contributed by atoms with Gasteiger partial charge in [0, 0.05) is 0 Å². The molecule has 2 aromatic rings. The van der Waals surface area contributed by atoms with Gasteiger partial charge in [-0.15, -0.1) is 0 Å². The second-order valence-corrected chi connectivity index (χ2v) is 3.55. The first-order chi connectivity index (χ1) is 9.08. The molecule has 19 heavy (non-hydrogen) atoms. The molecular formula is C11H9N3O5. The molecule has 1 aromatic heterocycles. The van der Waals surface area contributed by atoms with Crippen LogP contribution in [0.4, 0.5) is 0 Å². The van der Waals surface area contributed by atoms with Crippen molar-refractivity contribution in [2.75, 3.05) is 0 Å². The number of benzene rings is 1. The molecule has 0 aliphatic carbocycles. The Morgan fingerprint density at radius 3 is 2.84 bits per heavy atom. The summed E-state index contributed by atoms with van der Waals surface area (Å²) in [5.74, 6) is -1.57. The van der Waals surface area contributed by atoms with E-state index >= 15 is 0 Å². The summed E-state index contributed by atoms with van der Waals surface area (Å²) in [4.78, 5) is 22.6. The van der Waals surface area contributed by atoms with Crippen LogP contribution in [0.2, 0.25) is 0 Å². The lowest BCUT2D eigenvalue weighted by atomic mass is 10.2. The van der Waals surface area contributed by atoms with Gasteiger partial charge < -0.3 is 15.6 Å². The van der Waals surface area contributed by atoms with Crippen LogP contribution < -0.4 is 5.73 Å². The predicted molar refractivity (Wildman–Crippen MR) is 60.0 cm³/mol. The third-order valence-corrected chi connectivity index (χ3v) is 2.21. The van der Waals surface area contributed by atoms with Gasteiger partial charge in [-0.25, -0.2) is 9.42 Å². The average Bonchev–Trinajstić information content (AvgIpc) is 2.84. The first kappa shape index (κ1) is 12.6. The number of carbonyl (C=O) groups excluding carboxylic acids is 2. The number of phenolic OH excluding ortho intramolecular Hbond substituents is 1. The highest BCUT2D eigenvalue weighted by Gasteiger charge is 2.17. The van der Waals surface area contributed by atoms with Gasteiger partial charge in [0.25, 0.3) is 5.91 Å². The number of amides is 1. The number of nitrogens with zero attached hydrogens (tertiary/aromatic N) is 2. The third kappa shape index (κ3) is 2.86. The Morgan fingerprint density at radius 1 is 1.37 bits per heavy atom. The summed E-state index contributed by atoms with van der Waals surface area (Å²) < 4.78 is 9.23. The van der Waals surface area contributed by atoms with Crippen LogP contribution in [0, 0.1) is 0 Å². The van der Waals surface area contributed by atoms with Crippen LogP contribution in [-0.4, -0.2) is 27.3 Å². The summed E-state index contributed by atoms with van der Waals surface area (Å²) in [6.07, 6.45) is 0. The minimum Gasteiger partial charge on any atom is -0.508 e. The summed E-state index contributed by atoms with van der Waals surface area (Å²) in [6.45, 7) is -0.309. The third-order valence-electron chi connectivity index (χ3n) is 2.21. The van der Waals surface area contributed by atoms with E-state index in [1.54, 1.807) is 0 Å². The Kier molecular flexibility index (Phi) is 3.42. The molecule has 2 rings (SSSR count). The number of rotatable bonds is 4. The molecule has 0 saturated carbocycles. The van der Waals surface area contributed by atoms with Crippen LogP contribution in [0.15, 0.2) is 28.9 Å². The summed E-state index contributed by atoms with van der Waals surface area (Å²) in [5.41, 5.74) is 5.02. The van der Waals surface area contributed by atoms with Crippen LogP contribution in [0.25, 0.3) is 0 Å². The quantitative estimate of drug-likeness (QED) is 0.755. The average molecular weight is 263 g/mol. The summed E-state index contributed by atoms with van der Waals surface area (Å²) in [6, 6.07) is 5.64. The minimum atomic E-state index is -0.829. The number of hydrogen-bond acceptors (Lipinski definition) is 7. The molecule has 98 valence electrons. The number of primary amides is 1. The van der Waals surface area contributed by atoms with Gasteiger partial charge in [0.1, 0.15) is 12.4 Å². The second kappa shape index (κ2) is 5.17. The highest BCUT2D eigenvalue weighted by Crippen LogP contribution is 2.13. The Hall–Kier alpha value is -2.90. The number of nitrogens with two attached hydrogens (primary N) is 1. The van der Waals surface area contributed by atoms with Crippen molar-refractivity contribution < 1.29 is 24.1 Å².